The highest BCUT2D eigenvalue weighted by molar-refractivity contribution is 5.88. The fourth-order valence-electron chi connectivity index (χ4n) is 3.60. The van der Waals surface area contributed by atoms with Crippen LogP contribution in [-0.2, 0) is 4.79 Å². The van der Waals surface area contributed by atoms with Crippen LogP contribution in [0.25, 0.3) is 0 Å². The Hall–Kier alpha value is -0.790. The average Bonchev–Trinajstić information content (AvgIpc) is 2.65. The molecule has 0 aliphatic heterocycles. The van der Waals surface area contributed by atoms with E-state index in [9.17, 15) is 4.79 Å². The third-order valence-corrected chi connectivity index (χ3v) is 4.81. The van der Waals surface area contributed by atoms with Gasteiger partial charge < -0.3 is 5.32 Å². The van der Waals surface area contributed by atoms with Gasteiger partial charge in [-0.3, -0.25) is 4.79 Å². The molecule has 0 aromatic heterocycles. The van der Waals surface area contributed by atoms with Gasteiger partial charge >= 0.3 is 0 Å². The van der Waals surface area contributed by atoms with E-state index in [1.54, 1.807) is 0 Å². The predicted molar refractivity (Wildman–Crippen MR) is 70.6 cm³/mol. The second kappa shape index (κ2) is 3.37. The largest absolute Gasteiger partial charge is 0.351 e. The van der Waals surface area contributed by atoms with E-state index in [-0.39, 0.29) is 22.3 Å². The number of carbonyl (C=O) groups is 1. The molecule has 1 N–H and O–H groups in total. The second-order valence-electron chi connectivity index (χ2n) is 7.43. The maximum atomic E-state index is 12.6. The highest BCUT2D eigenvalue weighted by atomic mass is 16.2. The van der Waals surface area contributed by atoms with Gasteiger partial charge in [0.1, 0.15) is 0 Å². The van der Waals surface area contributed by atoms with Crippen LogP contribution in [0.2, 0.25) is 0 Å². The SMILES string of the molecule is C=C1C(C)(C)[C@@H]2CC[C@]1(C(=O)NC(C)(C)C)C2. The maximum Gasteiger partial charge on any atom is 0.230 e. The van der Waals surface area contributed by atoms with Gasteiger partial charge in [-0.15, -0.1) is 0 Å². The van der Waals surface area contributed by atoms with Gasteiger partial charge in [0.25, 0.3) is 0 Å². The highest BCUT2D eigenvalue weighted by Crippen LogP contribution is 2.65. The van der Waals surface area contributed by atoms with Crippen LogP contribution in [0.1, 0.15) is 53.9 Å². The van der Waals surface area contributed by atoms with Crippen molar-refractivity contribution in [3.8, 4) is 0 Å². The summed E-state index contributed by atoms with van der Waals surface area (Å²) in [6.07, 6.45) is 3.16. The number of fused-ring (bicyclic) bond motifs is 2. The standard InChI is InChI=1S/C15H25NO/c1-10-14(5,6)11-7-8-15(10,9-11)12(17)16-13(2,3)4/h11H,1,7-9H2,2-6H3,(H,16,17)/t11-,15+/m1/s1. The summed E-state index contributed by atoms with van der Waals surface area (Å²) in [4.78, 5) is 12.6. The summed E-state index contributed by atoms with van der Waals surface area (Å²) in [6, 6.07) is 0. The molecule has 2 fully saturated rings. The van der Waals surface area contributed by atoms with Gasteiger partial charge in [0.2, 0.25) is 5.91 Å². The smallest absolute Gasteiger partial charge is 0.230 e. The lowest BCUT2D eigenvalue weighted by Gasteiger charge is -2.38. The van der Waals surface area contributed by atoms with Gasteiger partial charge in [-0.25, -0.2) is 0 Å². The molecule has 96 valence electrons. The van der Waals surface area contributed by atoms with Gasteiger partial charge in [-0.2, -0.15) is 0 Å². The Morgan fingerprint density at radius 1 is 1.41 bits per heavy atom. The van der Waals surface area contributed by atoms with Crippen molar-refractivity contribution in [2.24, 2.45) is 16.7 Å². The van der Waals surface area contributed by atoms with Crippen molar-refractivity contribution < 1.29 is 4.79 Å². The molecule has 17 heavy (non-hydrogen) atoms. The minimum absolute atomic E-state index is 0.132. The average molecular weight is 235 g/mol. The minimum atomic E-state index is -0.276. The molecule has 2 saturated carbocycles. The number of nitrogens with one attached hydrogen (secondary N) is 1. The number of hydrogen-bond donors (Lipinski definition) is 1. The van der Waals surface area contributed by atoms with Gasteiger partial charge in [0.15, 0.2) is 0 Å². The molecule has 0 saturated heterocycles. The van der Waals surface area contributed by atoms with Crippen LogP contribution in [0.3, 0.4) is 0 Å². The molecule has 0 spiro atoms. The molecule has 0 aromatic rings. The third-order valence-electron chi connectivity index (χ3n) is 4.81. The maximum absolute atomic E-state index is 12.6. The van der Waals surface area contributed by atoms with Crippen molar-refractivity contribution in [2.75, 3.05) is 0 Å². The van der Waals surface area contributed by atoms with Gasteiger partial charge in [-0.05, 0) is 51.4 Å². The Bertz CT molecular complexity index is 375. The van der Waals surface area contributed by atoms with E-state index in [4.69, 9.17) is 0 Å². The molecule has 2 rings (SSSR count). The van der Waals surface area contributed by atoms with Gasteiger partial charge in [0, 0.05) is 5.54 Å². The Balaban J connectivity index is 2.27. The van der Waals surface area contributed by atoms with Crippen molar-refractivity contribution in [2.45, 2.75) is 59.4 Å². The zero-order chi connectivity index (χ0) is 13.1. The number of rotatable bonds is 1. The van der Waals surface area contributed by atoms with E-state index < -0.39 is 0 Å². The van der Waals surface area contributed by atoms with Crippen molar-refractivity contribution in [1.82, 2.24) is 5.32 Å². The van der Waals surface area contributed by atoms with E-state index in [0.717, 1.165) is 18.4 Å². The Morgan fingerprint density at radius 3 is 2.41 bits per heavy atom. The summed E-state index contributed by atoms with van der Waals surface area (Å²) < 4.78 is 0. The number of amides is 1. The highest BCUT2D eigenvalue weighted by Gasteiger charge is 2.61. The predicted octanol–water partition coefficient (Wildman–Crippen LogP) is 3.28. The van der Waals surface area contributed by atoms with Gasteiger partial charge in [-0.1, -0.05) is 26.0 Å². The molecule has 1 amide bonds. The minimum Gasteiger partial charge on any atom is -0.351 e. The topological polar surface area (TPSA) is 29.1 Å². The van der Waals surface area contributed by atoms with Crippen molar-refractivity contribution >= 4 is 5.91 Å². The monoisotopic (exact) mass is 235 g/mol. The zero-order valence-corrected chi connectivity index (χ0v) is 11.8. The van der Waals surface area contributed by atoms with Crippen LogP contribution in [0.4, 0.5) is 0 Å². The quantitative estimate of drug-likeness (QED) is 0.694. The lowest BCUT2D eigenvalue weighted by atomic mass is 9.68. The van der Waals surface area contributed by atoms with Crippen LogP contribution in [0.15, 0.2) is 12.2 Å². The van der Waals surface area contributed by atoms with Crippen LogP contribution in [0.5, 0.6) is 0 Å². The third kappa shape index (κ3) is 1.73. The summed E-state index contributed by atoms with van der Waals surface area (Å²) in [5.74, 6) is 0.837. The van der Waals surface area contributed by atoms with Crippen LogP contribution < -0.4 is 5.32 Å². The van der Waals surface area contributed by atoms with Crippen LogP contribution in [-0.4, -0.2) is 11.4 Å². The summed E-state index contributed by atoms with van der Waals surface area (Å²) in [7, 11) is 0. The molecule has 2 nitrogen and oxygen atoms in total. The lowest BCUT2D eigenvalue weighted by molar-refractivity contribution is -0.130. The fraction of sp³-hybridized carbons (Fsp3) is 0.800. The van der Waals surface area contributed by atoms with Crippen molar-refractivity contribution in [3.63, 3.8) is 0 Å². The van der Waals surface area contributed by atoms with Crippen LogP contribution >= 0.6 is 0 Å². The summed E-state index contributed by atoms with van der Waals surface area (Å²) >= 11 is 0. The molecule has 2 atom stereocenters. The molecular weight excluding hydrogens is 210 g/mol. The summed E-state index contributed by atoms with van der Waals surface area (Å²) in [6.45, 7) is 14.9. The molecule has 0 unspecified atom stereocenters. The first-order valence-corrected chi connectivity index (χ1v) is 6.62. The van der Waals surface area contributed by atoms with E-state index in [0.29, 0.717) is 5.92 Å². The number of carbonyl (C=O) groups excluding carboxylic acids is 1. The van der Waals surface area contributed by atoms with E-state index in [2.05, 4.69) is 25.7 Å². The Morgan fingerprint density at radius 2 is 2.00 bits per heavy atom. The molecule has 0 heterocycles. The Kier molecular flexibility index (Phi) is 2.51. The molecule has 0 radical (unpaired) electrons. The fourth-order valence-corrected chi connectivity index (χ4v) is 3.60. The molecule has 2 aliphatic rings. The molecule has 0 aromatic carbocycles. The summed E-state index contributed by atoms with van der Waals surface area (Å²) in [5, 5.41) is 3.15. The molecular formula is C15H25NO. The molecule has 2 bridgehead atoms. The first kappa shape index (κ1) is 12.7. The number of hydrogen-bond acceptors (Lipinski definition) is 1. The van der Waals surface area contributed by atoms with E-state index >= 15 is 0 Å². The van der Waals surface area contributed by atoms with E-state index in [1.807, 2.05) is 20.8 Å². The zero-order valence-electron chi connectivity index (χ0n) is 11.8. The second-order valence-corrected chi connectivity index (χ2v) is 7.43. The van der Waals surface area contributed by atoms with Crippen LogP contribution in [0, 0.1) is 16.7 Å². The normalized spacial score (nSPS) is 35.1. The first-order valence-electron chi connectivity index (χ1n) is 6.62. The Labute approximate surface area is 105 Å². The molecule has 2 aliphatic carbocycles. The summed E-state index contributed by atoms with van der Waals surface area (Å²) in [5.41, 5.74) is 0.856. The molecule has 2 heteroatoms. The van der Waals surface area contributed by atoms with Crippen molar-refractivity contribution in [3.05, 3.63) is 12.2 Å². The lowest BCUT2D eigenvalue weighted by Crippen LogP contribution is -2.49. The van der Waals surface area contributed by atoms with Crippen molar-refractivity contribution in [1.29, 1.82) is 0 Å². The first-order chi connectivity index (χ1) is 7.59. The van der Waals surface area contributed by atoms with E-state index in [1.165, 1.54) is 6.42 Å². The van der Waals surface area contributed by atoms with Gasteiger partial charge in [0.05, 0.1) is 5.41 Å².